The summed E-state index contributed by atoms with van der Waals surface area (Å²) in [6.45, 7) is 0.619. The molecule has 0 saturated carbocycles. The standard InChI is InChI=1S/C16H16N2O3S/c19-16(5-1-3-14-4-2-10-22-14)17-9-8-12-6-7-13(18(20)21)11-15(12)17/h2,4,6-7,10-11H,1,3,5,8-9H2. The third kappa shape index (κ3) is 3.01. The fourth-order valence-corrected chi connectivity index (χ4v) is 3.50. The highest BCUT2D eigenvalue weighted by Crippen LogP contribution is 2.32. The van der Waals surface area contributed by atoms with Gasteiger partial charge < -0.3 is 4.90 Å². The van der Waals surface area contributed by atoms with Crippen molar-refractivity contribution in [1.29, 1.82) is 0 Å². The minimum absolute atomic E-state index is 0.0389. The lowest BCUT2D eigenvalue weighted by Gasteiger charge is -2.17. The SMILES string of the molecule is O=C(CCCc1cccs1)N1CCc2ccc([N+](=O)[O-])cc21. The lowest BCUT2D eigenvalue weighted by atomic mass is 10.1. The number of carbonyl (C=O) groups is 1. The van der Waals surface area contributed by atoms with Crippen LogP contribution in [0.2, 0.25) is 0 Å². The summed E-state index contributed by atoms with van der Waals surface area (Å²) in [7, 11) is 0. The molecule has 0 saturated heterocycles. The third-order valence-electron chi connectivity index (χ3n) is 3.87. The van der Waals surface area contributed by atoms with Gasteiger partial charge in [-0.2, -0.15) is 0 Å². The van der Waals surface area contributed by atoms with E-state index in [9.17, 15) is 14.9 Å². The Hall–Kier alpha value is -2.21. The maximum Gasteiger partial charge on any atom is 0.271 e. The zero-order valence-electron chi connectivity index (χ0n) is 12.0. The number of thiophene rings is 1. The minimum atomic E-state index is -0.419. The number of benzene rings is 1. The van der Waals surface area contributed by atoms with E-state index < -0.39 is 4.92 Å². The molecule has 1 aliphatic heterocycles. The number of rotatable bonds is 5. The first-order chi connectivity index (χ1) is 10.6. The van der Waals surface area contributed by atoms with Crippen molar-refractivity contribution < 1.29 is 9.72 Å². The molecule has 5 nitrogen and oxygen atoms in total. The molecule has 1 aromatic carbocycles. The van der Waals surface area contributed by atoms with Crippen molar-refractivity contribution in [1.82, 2.24) is 0 Å². The fourth-order valence-electron chi connectivity index (χ4n) is 2.74. The van der Waals surface area contributed by atoms with Crippen LogP contribution in [0.1, 0.15) is 23.3 Å². The van der Waals surface area contributed by atoms with Gasteiger partial charge in [0.2, 0.25) is 5.91 Å². The van der Waals surface area contributed by atoms with Crippen LogP contribution in [-0.2, 0) is 17.6 Å². The molecule has 1 aliphatic rings. The monoisotopic (exact) mass is 316 g/mol. The minimum Gasteiger partial charge on any atom is -0.312 e. The molecule has 0 atom stereocenters. The number of hydrogen-bond acceptors (Lipinski definition) is 4. The van der Waals surface area contributed by atoms with Crippen molar-refractivity contribution in [3.63, 3.8) is 0 Å². The molecule has 0 radical (unpaired) electrons. The molecule has 1 amide bonds. The molecule has 0 N–H and O–H groups in total. The van der Waals surface area contributed by atoms with Crippen LogP contribution in [0.4, 0.5) is 11.4 Å². The van der Waals surface area contributed by atoms with E-state index in [4.69, 9.17) is 0 Å². The number of nitrogens with zero attached hydrogens (tertiary/aromatic N) is 2. The Labute approximate surface area is 132 Å². The first kappa shape index (κ1) is 14.7. The molecule has 0 aliphatic carbocycles. The van der Waals surface area contributed by atoms with Gasteiger partial charge in [0.15, 0.2) is 0 Å². The summed E-state index contributed by atoms with van der Waals surface area (Å²) in [5.41, 5.74) is 1.75. The van der Waals surface area contributed by atoms with Gasteiger partial charge in [0.05, 0.1) is 10.6 Å². The van der Waals surface area contributed by atoms with Crippen molar-refractivity contribution in [2.24, 2.45) is 0 Å². The summed E-state index contributed by atoms with van der Waals surface area (Å²) in [6.07, 6.45) is 2.95. The lowest BCUT2D eigenvalue weighted by molar-refractivity contribution is -0.384. The van der Waals surface area contributed by atoms with Crippen LogP contribution >= 0.6 is 11.3 Å². The summed E-state index contributed by atoms with van der Waals surface area (Å²) in [6, 6.07) is 8.86. The molecule has 6 heteroatoms. The highest BCUT2D eigenvalue weighted by molar-refractivity contribution is 7.09. The number of amides is 1. The van der Waals surface area contributed by atoms with Crippen molar-refractivity contribution >= 4 is 28.6 Å². The zero-order chi connectivity index (χ0) is 15.5. The van der Waals surface area contributed by atoms with Crippen LogP contribution in [-0.4, -0.2) is 17.4 Å². The molecule has 22 heavy (non-hydrogen) atoms. The predicted molar refractivity (Wildman–Crippen MR) is 86.4 cm³/mol. The van der Waals surface area contributed by atoms with Gasteiger partial charge in [-0.05, 0) is 36.3 Å². The average Bonchev–Trinajstić information content (AvgIpc) is 3.15. The molecule has 3 rings (SSSR count). The fraction of sp³-hybridized carbons (Fsp3) is 0.312. The number of aryl methyl sites for hydroxylation is 1. The Morgan fingerprint density at radius 3 is 2.95 bits per heavy atom. The number of hydrogen-bond donors (Lipinski definition) is 0. The number of nitro groups is 1. The number of anilines is 1. The predicted octanol–water partition coefficient (Wildman–Crippen LogP) is 3.57. The van der Waals surface area contributed by atoms with E-state index in [1.54, 1.807) is 22.3 Å². The molecular weight excluding hydrogens is 300 g/mol. The van der Waals surface area contributed by atoms with Gasteiger partial charge in [-0.15, -0.1) is 11.3 Å². The van der Waals surface area contributed by atoms with E-state index in [1.807, 2.05) is 11.4 Å². The van der Waals surface area contributed by atoms with Gasteiger partial charge in [-0.1, -0.05) is 12.1 Å². The number of fused-ring (bicyclic) bond motifs is 1. The van der Waals surface area contributed by atoms with Gasteiger partial charge in [-0.3, -0.25) is 14.9 Å². The van der Waals surface area contributed by atoms with Crippen LogP contribution in [0, 0.1) is 10.1 Å². The van der Waals surface area contributed by atoms with E-state index >= 15 is 0 Å². The van der Waals surface area contributed by atoms with Crippen molar-refractivity contribution in [3.05, 3.63) is 56.3 Å². The van der Waals surface area contributed by atoms with Crippen molar-refractivity contribution in [2.45, 2.75) is 25.7 Å². The topological polar surface area (TPSA) is 63.5 Å². The average molecular weight is 316 g/mol. The van der Waals surface area contributed by atoms with Gasteiger partial charge in [0.25, 0.3) is 5.69 Å². The quantitative estimate of drug-likeness (QED) is 0.626. The Kier molecular flexibility index (Phi) is 4.20. The highest BCUT2D eigenvalue weighted by atomic mass is 32.1. The summed E-state index contributed by atoms with van der Waals surface area (Å²) >= 11 is 1.70. The summed E-state index contributed by atoms with van der Waals surface area (Å²) in [4.78, 5) is 25.8. The van der Waals surface area contributed by atoms with Crippen LogP contribution in [0.25, 0.3) is 0 Å². The summed E-state index contributed by atoms with van der Waals surface area (Å²) in [5, 5.41) is 12.9. The van der Waals surface area contributed by atoms with Gasteiger partial charge in [0.1, 0.15) is 0 Å². The van der Waals surface area contributed by atoms with Crippen LogP contribution in [0.5, 0.6) is 0 Å². The molecule has 1 aromatic heterocycles. The smallest absolute Gasteiger partial charge is 0.271 e. The lowest BCUT2D eigenvalue weighted by Crippen LogP contribution is -2.28. The molecule has 2 heterocycles. The molecule has 0 spiro atoms. The van der Waals surface area contributed by atoms with Crippen molar-refractivity contribution in [2.75, 3.05) is 11.4 Å². The normalized spacial score (nSPS) is 13.2. The highest BCUT2D eigenvalue weighted by Gasteiger charge is 2.26. The molecule has 0 fully saturated rings. The molecule has 0 unspecified atom stereocenters. The van der Waals surface area contributed by atoms with E-state index in [2.05, 4.69) is 6.07 Å². The largest absolute Gasteiger partial charge is 0.312 e. The summed E-state index contributed by atoms with van der Waals surface area (Å²) in [5.74, 6) is 0.0517. The van der Waals surface area contributed by atoms with Crippen molar-refractivity contribution in [3.8, 4) is 0 Å². The second-order valence-electron chi connectivity index (χ2n) is 5.30. The zero-order valence-corrected chi connectivity index (χ0v) is 12.8. The first-order valence-electron chi connectivity index (χ1n) is 7.25. The Morgan fingerprint density at radius 1 is 1.36 bits per heavy atom. The molecular formula is C16H16N2O3S. The van der Waals surface area contributed by atoms with Crippen LogP contribution in [0.3, 0.4) is 0 Å². The van der Waals surface area contributed by atoms with Gasteiger partial charge in [0, 0.05) is 30.0 Å². The number of nitro benzene ring substituents is 1. The van der Waals surface area contributed by atoms with E-state index in [1.165, 1.54) is 17.0 Å². The Balaban J connectivity index is 1.65. The van der Waals surface area contributed by atoms with Gasteiger partial charge in [-0.25, -0.2) is 0 Å². The number of carbonyl (C=O) groups excluding carboxylic acids is 1. The van der Waals surface area contributed by atoms with E-state index in [0.29, 0.717) is 18.7 Å². The maximum absolute atomic E-state index is 12.4. The maximum atomic E-state index is 12.4. The second kappa shape index (κ2) is 6.27. The van der Waals surface area contributed by atoms with E-state index in [-0.39, 0.29) is 11.6 Å². The van der Waals surface area contributed by atoms with Crippen LogP contribution in [0.15, 0.2) is 35.7 Å². The Morgan fingerprint density at radius 2 is 2.23 bits per heavy atom. The number of non-ortho nitro benzene ring substituents is 1. The molecule has 114 valence electrons. The second-order valence-corrected chi connectivity index (χ2v) is 6.33. The van der Waals surface area contributed by atoms with Crippen LogP contribution < -0.4 is 4.90 Å². The molecule has 0 bridgehead atoms. The third-order valence-corrected chi connectivity index (χ3v) is 4.81. The van der Waals surface area contributed by atoms with Gasteiger partial charge >= 0.3 is 0 Å². The van der Waals surface area contributed by atoms with E-state index in [0.717, 1.165) is 24.8 Å². The Bertz CT molecular complexity index is 697. The molecule has 2 aromatic rings. The first-order valence-corrected chi connectivity index (χ1v) is 8.13. The summed E-state index contributed by atoms with van der Waals surface area (Å²) < 4.78 is 0.